The van der Waals surface area contributed by atoms with Crippen molar-refractivity contribution in [3.63, 3.8) is 0 Å². The van der Waals surface area contributed by atoms with E-state index in [1.54, 1.807) is 24.3 Å². The molecule has 0 aliphatic heterocycles. The monoisotopic (exact) mass is 329 g/mol. The van der Waals surface area contributed by atoms with Crippen LogP contribution in [-0.2, 0) is 14.3 Å². The van der Waals surface area contributed by atoms with Crippen LogP contribution >= 0.6 is 15.9 Å². The van der Waals surface area contributed by atoms with Crippen molar-refractivity contribution in [1.29, 1.82) is 0 Å². The molecular weight excluding hydrogens is 314 g/mol. The Kier molecular flexibility index (Phi) is 6.52. The van der Waals surface area contributed by atoms with Crippen molar-refractivity contribution >= 4 is 27.8 Å². The predicted octanol–water partition coefficient (Wildman–Crippen LogP) is 2.12. The molecule has 0 fully saturated rings. The molecule has 0 spiro atoms. The largest absolute Gasteiger partial charge is 0.479 e. The quantitative estimate of drug-likeness (QED) is 0.751. The lowest BCUT2D eigenvalue weighted by Crippen LogP contribution is -2.36. The standard InChI is InChI=1S/C13H16BrNO4/c1-2-7-19-8-11(16)15-12(13(17)18)9-3-5-10(14)6-4-9/h3-6,12H,2,7-8H2,1H3,(H,15,16)(H,17,18). The van der Waals surface area contributed by atoms with Gasteiger partial charge in [0.05, 0.1) is 0 Å². The summed E-state index contributed by atoms with van der Waals surface area (Å²) >= 11 is 3.27. The molecule has 0 heterocycles. The van der Waals surface area contributed by atoms with E-state index < -0.39 is 17.9 Å². The van der Waals surface area contributed by atoms with E-state index in [4.69, 9.17) is 9.84 Å². The second kappa shape index (κ2) is 7.91. The Morgan fingerprint density at radius 3 is 2.53 bits per heavy atom. The highest BCUT2D eigenvalue weighted by Gasteiger charge is 2.21. The summed E-state index contributed by atoms with van der Waals surface area (Å²) in [5.74, 6) is -1.55. The lowest BCUT2D eigenvalue weighted by atomic mass is 10.1. The van der Waals surface area contributed by atoms with Gasteiger partial charge < -0.3 is 15.2 Å². The number of carbonyl (C=O) groups is 2. The van der Waals surface area contributed by atoms with E-state index in [1.807, 2.05) is 6.92 Å². The van der Waals surface area contributed by atoms with Crippen LogP contribution in [0.2, 0.25) is 0 Å². The first-order chi connectivity index (χ1) is 9.04. The Morgan fingerprint density at radius 1 is 1.37 bits per heavy atom. The fourth-order valence-electron chi connectivity index (χ4n) is 1.45. The van der Waals surface area contributed by atoms with Crippen LogP contribution in [0.3, 0.4) is 0 Å². The minimum absolute atomic E-state index is 0.131. The van der Waals surface area contributed by atoms with Crippen LogP contribution < -0.4 is 5.32 Å². The van der Waals surface area contributed by atoms with Crippen molar-refractivity contribution in [3.8, 4) is 0 Å². The second-order valence-corrected chi connectivity index (χ2v) is 4.86. The Balaban J connectivity index is 2.65. The van der Waals surface area contributed by atoms with Crippen molar-refractivity contribution in [2.45, 2.75) is 19.4 Å². The summed E-state index contributed by atoms with van der Waals surface area (Å²) in [6.45, 7) is 2.28. The Morgan fingerprint density at radius 2 is 2.00 bits per heavy atom. The van der Waals surface area contributed by atoms with Crippen molar-refractivity contribution < 1.29 is 19.4 Å². The molecule has 6 heteroatoms. The first kappa shape index (κ1) is 15.7. The number of nitrogens with one attached hydrogen (secondary N) is 1. The number of carboxylic acid groups (broad SMARTS) is 1. The maximum Gasteiger partial charge on any atom is 0.330 e. The van der Waals surface area contributed by atoms with E-state index >= 15 is 0 Å². The molecule has 0 bridgehead atoms. The van der Waals surface area contributed by atoms with Crippen LogP contribution in [0.15, 0.2) is 28.7 Å². The van der Waals surface area contributed by atoms with Crippen LogP contribution in [0.25, 0.3) is 0 Å². The van der Waals surface area contributed by atoms with Gasteiger partial charge in [0, 0.05) is 11.1 Å². The normalized spacial score (nSPS) is 11.9. The van der Waals surface area contributed by atoms with Gasteiger partial charge in [0.25, 0.3) is 0 Å². The van der Waals surface area contributed by atoms with Crippen molar-refractivity contribution in [3.05, 3.63) is 34.3 Å². The molecule has 2 N–H and O–H groups in total. The third-order valence-electron chi connectivity index (χ3n) is 2.34. The molecule has 1 aromatic rings. The molecule has 5 nitrogen and oxygen atoms in total. The Bertz CT molecular complexity index is 433. The van der Waals surface area contributed by atoms with E-state index in [9.17, 15) is 9.59 Å². The third kappa shape index (κ3) is 5.40. The van der Waals surface area contributed by atoms with E-state index in [1.165, 1.54) is 0 Å². The van der Waals surface area contributed by atoms with Crippen LogP contribution in [0.4, 0.5) is 0 Å². The number of carbonyl (C=O) groups excluding carboxylic acids is 1. The zero-order chi connectivity index (χ0) is 14.3. The Labute approximate surface area is 120 Å². The maximum absolute atomic E-state index is 11.6. The topological polar surface area (TPSA) is 75.6 Å². The summed E-state index contributed by atoms with van der Waals surface area (Å²) in [6.07, 6.45) is 0.808. The fraction of sp³-hybridized carbons (Fsp3) is 0.385. The van der Waals surface area contributed by atoms with Gasteiger partial charge in [-0.3, -0.25) is 4.79 Å². The lowest BCUT2D eigenvalue weighted by molar-refractivity contribution is -0.142. The molecule has 0 aliphatic rings. The number of carboxylic acids is 1. The highest BCUT2D eigenvalue weighted by molar-refractivity contribution is 9.10. The zero-order valence-corrected chi connectivity index (χ0v) is 12.1. The fourth-order valence-corrected chi connectivity index (χ4v) is 1.72. The molecule has 1 rings (SSSR count). The van der Waals surface area contributed by atoms with Gasteiger partial charge in [-0.25, -0.2) is 4.79 Å². The maximum atomic E-state index is 11.6. The number of benzene rings is 1. The molecule has 0 saturated heterocycles. The molecular formula is C13H16BrNO4. The van der Waals surface area contributed by atoms with Crippen LogP contribution in [-0.4, -0.2) is 30.2 Å². The van der Waals surface area contributed by atoms with Crippen LogP contribution in [0, 0.1) is 0 Å². The molecule has 104 valence electrons. The van der Waals surface area contributed by atoms with Gasteiger partial charge in [0.1, 0.15) is 6.61 Å². The van der Waals surface area contributed by atoms with Gasteiger partial charge in [-0.2, -0.15) is 0 Å². The summed E-state index contributed by atoms with van der Waals surface area (Å²) in [5.41, 5.74) is 0.513. The van der Waals surface area contributed by atoms with Crippen molar-refractivity contribution in [2.24, 2.45) is 0 Å². The highest BCUT2D eigenvalue weighted by Crippen LogP contribution is 2.17. The smallest absolute Gasteiger partial charge is 0.330 e. The minimum Gasteiger partial charge on any atom is -0.479 e. The van der Waals surface area contributed by atoms with E-state index in [-0.39, 0.29) is 6.61 Å². The van der Waals surface area contributed by atoms with Crippen molar-refractivity contribution in [1.82, 2.24) is 5.32 Å². The number of ether oxygens (including phenoxy) is 1. The molecule has 1 amide bonds. The lowest BCUT2D eigenvalue weighted by Gasteiger charge is -2.15. The summed E-state index contributed by atoms with van der Waals surface area (Å²) in [5, 5.41) is 11.6. The Hall–Kier alpha value is -1.40. The molecule has 0 saturated carbocycles. The SMILES string of the molecule is CCCOCC(=O)NC(C(=O)O)c1ccc(Br)cc1. The summed E-state index contributed by atoms with van der Waals surface area (Å²) in [4.78, 5) is 22.7. The number of rotatable bonds is 7. The highest BCUT2D eigenvalue weighted by atomic mass is 79.9. The molecule has 0 aromatic heterocycles. The van der Waals surface area contributed by atoms with Gasteiger partial charge in [-0.05, 0) is 24.1 Å². The summed E-state index contributed by atoms with van der Waals surface area (Å²) in [7, 11) is 0. The number of aliphatic carboxylic acids is 1. The van der Waals surface area contributed by atoms with Gasteiger partial charge in [0.2, 0.25) is 5.91 Å². The van der Waals surface area contributed by atoms with Crippen molar-refractivity contribution in [2.75, 3.05) is 13.2 Å². The third-order valence-corrected chi connectivity index (χ3v) is 2.87. The second-order valence-electron chi connectivity index (χ2n) is 3.94. The minimum atomic E-state index is -1.11. The van der Waals surface area contributed by atoms with Crippen LogP contribution in [0.5, 0.6) is 0 Å². The molecule has 1 aromatic carbocycles. The van der Waals surface area contributed by atoms with Gasteiger partial charge in [-0.1, -0.05) is 35.0 Å². The number of halogens is 1. The molecule has 1 unspecified atom stereocenters. The van der Waals surface area contributed by atoms with Gasteiger partial charge >= 0.3 is 5.97 Å². The molecule has 1 atom stereocenters. The van der Waals surface area contributed by atoms with E-state index in [2.05, 4.69) is 21.2 Å². The molecule has 19 heavy (non-hydrogen) atoms. The summed E-state index contributed by atoms with van der Waals surface area (Å²) in [6, 6.07) is 5.69. The summed E-state index contributed by atoms with van der Waals surface area (Å²) < 4.78 is 5.91. The number of hydrogen-bond donors (Lipinski definition) is 2. The average Bonchev–Trinajstić information content (AvgIpc) is 2.37. The first-order valence-corrected chi connectivity index (χ1v) is 6.69. The predicted molar refractivity (Wildman–Crippen MR) is 73.8 cm³/mol. The average molecular weight is 330 g/mol. The van der Waals surface area contributed by atoms with Gasteiger partial charge in [-0.15, -0.1) is 0 Å². The molecule has 0 radical (unpaired) electrons. The van der Waals surface area contributed by atoms with E-state index in [0.717, 1.165) is 10.9 Å². The molecule has 0 aliphatic carbocycles. The van der Waals surface area contributed by atoms with Crippen LogP contribution in [0.1, 0.15) is 24.9 Å². The number of amides is 1. The number of hydrogen-bond acceptors (Lipinski definition) is 3. The first-order valence-electron chi connectivity index (χ1n) is 5.90. The zero-order valence-electron chi connectivity index (χ0n) is 10.6. The van der Waals surface area contributed by atoms with Gasteiger partial charge in [0.15, 0.2) is 6.04 Å². The van der Waals surface area contributed by atoms with E-state index in [0.29, 0.717) is 12.2 Å².